The quantitative estimate of drug-likeness (QED) is 0.381. The summed E-state index contributed by atoms with van der Waals surface area (Å²) in [4.78, 5) is 41.7. The summed E-state index contributed by atoms with van der Waals surface area (Å²) in [6, 6.07) is 15.8. The van der Waals surface area contributed by atoms with Crippen LogP contribution >= 0.6 is 11.3 Å². The van der Waals surface area contributed by atoms with Gasteiger partial charge in [-0.2, -0.15) is 4.68 Å². The zero-order chi connectivity index (χ0) is 24.5. The van der Waals surface area contributed by atoms with Crippen molar-refractivity contribution >= 4 is 45.4 Å². The number of ether oxygens (including phenoxy) is 1. The van der Waals surface area contributed by atoms with Crippen LogP contribution in [0.5, 0.6) is 5.75 Å². The molecule has 0 saturated carbocycles. The molecule has 11 heteroatoms. The lowest BCUT2D eigenvalue weighted by atomic mass is 9.94. The monoisotopic (exact) mass is 479 g/mol. The maximum atomic E-state index is 13.0. The van der Waals surface area contributed by atoms with Crippen LogP contribution in [0.2, 0.25) is 0 Å². The molecule has 2 heterocycles. The van der Waals surface area contributed by atoms with Crippen LogP contribution in [0.3, 0.4) is 0 Å². The van der Waals surface area contributed by atoms with Crippen molar-refractivity contribution in [2.45, 2.75) is 19.4 Å². The lowest BCUT2D eigenvalue weighted by Crippen LogP contribution is -2.40. The van der Waals surface area contributed by atoms with E-state index in [1.54, 1.807) is 24.3 Å². The molecule has 174 valence electrons. The van der Waals surface area contributed by atoms with Gasteiger partial charge >= 0.3 is 6.09 Å². The van der Waals surface area contributed by atoms with Gasteiger partial charge in [0, 0.05) is 5.56 Å². The van der Waals surface area contributed by atoms with Crippen molar-refractivity contribution in [1.29, 1.82) is 0 Å². The van der Waals surface area contributed by atoms with Crippen molar-refractivity contribution in [3.63, 3.8) is 0 Å². The molecule has 4 rings (SSSR count). The standard InChI is InChI=1S/C23H21N5O5S/c1-23(2,14-7-5-4-6-8-14)26-19(30)20-24-16-17(27-28(22(31)32)21(16)34-20)25-18(29)13-9-11-15(33-3)12-10-13/h4-12H,1-3H3,(H,26,30)(H,31,32)(H,25,27,29). The smallest absolute Gasteiger partial charge is 0.433 e. The average Bonchev–Trinajstić information content (AvgIpc) is 3.40. The van der Waals surface area contributed by atoms with Crippen molar-refractivity contribution < 1.29 is 24.2 Å². The molecular weight excluding hydrogens is 458 g/mol. The molecule has 0 spiro atoms. The Morgan fingerprint density at radius 2 is 1.71 bits per heavy atom. The van der Waals surface area contributed by atoms with E-state index < -0.39 is 23.4 Å². The van der Waals surface area contributed by atoms with Crippen LogP contribution in [0.25, 0.3) is 10.3 Å². The Hall–Kier alpha value is -4.25. The van der Waals surface area contributed by atoms with E-state index >= 15 is 0 Å². The Kier molecular flexibility index (Phi) is 6.03. The van der Waals surface area contributed by atoms with Crippen LogP contribution in [-0.4, -0.2) is 44.9 Å². The van der Waals surface area contributed by atoms with E-state index in [1.807, 2.05) is 44.2 Å². The van der Waals surface area contributed by atoms with E-state index in [0.717, 1.165) is 16.9 Å². The zero-order valence-corrected chi connectivity index (χ0v) is 19.3. The van der Waals surface area contributed by atoms with Gasteiger partial charge in [0.15, 0.2) is 15.7 Å². The Morgan fingerprint density at radius 1 is 1.03 bits per heavy atom. The summed E-state index contributed by atoms with van der Waals surface area (Å²) < 4.78 is 5.77. The number of hydrogen-bond donors (Lipinski definition) is 3. The fourth-order valence-corrected chi connectivity index (χ4v) is 4.21. The van der Waals surface area contributed by atoms with E-state index in [4.69, 9.17) is 4.74 Å². The van der Waals surface area contributed by atoms with Crippen molar-refractivity contribution in [3.05, 3.63) is 70.7 Å². The number of carboxylic acid groups (broad SMARTS) is 1. The van der Waals surface area contributed by atoms with Crippen LogP contribution < -0.4 is 15.4 Å². The van der Waals surface area contributed by atoms with Crippen LogP contribution in [0.1, 0.15) is 39.6 Å². The Morgan fingerprint density at radius 3 is 2.32 bits per heavy atom. The summed E-state index contributed by atoms with van der Waals surface area (Å²) in [6.45, 7) is 3.71. The number of aromatic nitrogens is 3. The topological polar surface area (TPSA) is 135 Å². The van der Waals surface area contributed by atoms with E-state index in [0.29, 0.717) is 16.0 Å². The summed E-state index contributed by atoms with van der Waals surface area (Å²) in [5.74, 6) is -0.457. The summed E-state index contributed by atoms with van der Waals surface area (Å²) in [6.07, 6.45) is -1.37. The second-order valence-corrected chi connectivity index (χ2v) is 8.82. The molecule has 34 heavy (non-hydrogen) atoms. The molecule has 0 aliphatic rings. The molecule has 0 saturated heterocycles. The van der Waals surface area contributed by atoms with Gasteiger partial charge in [0.2, 0.25) is 0 Å². The largest absolute Gasteiger partial charge is 0.497 e. The number of nitrogens with zero attached hydrogens (tertiary/aromatic N) is 3. The second kappa shape index (κ2) is 8.94. The maximum Gasteiger partial charge on any atom is 0.433 e. The number of benzene rings is 2. The third-order valence-corrected chi connectivity index (χ3v) is 6.14. The van der Waals surface area contributed by atoms with E-state index in [-0.39, 0.29) is 21.2 Å². The van der Waals surface area contributed by atoms with Crippen molar-refractivity contribution in [1.82, 2.24) is 20.1 Å². The van der Waals surface area contributed by atoms with E-state index in [2.05, 4.69) is 20.7 Å². The van der Waals surface area contributed by atoms with Gasteiger partial charge in [-0.3, -0.25) is 9.59 Å². The number of fused-ring (bicyclic) bond motifs is 1. The lowest BCUT2D eigenvalue weighted by molar-refractivity contribution is 0.0911. The van der Waals surface area contributed by atoms with Gasteiger partial charge < -0.3 is 20.5 Å². The molecule has 0 atom stereocenters. The van der Waals surface area contributed by atoms with Gasteiger partial charge in [-0.05, 0) is 43.7 Å². The van der Waals surface area contributed by atoms with Crippen molar-refractivity contribution in [2.75, 3.05) is 12.4 Å². The number of rotatable bonds is 6. The van der Waals surface area contributed by atoms with Gasteiger partial charge in [0.25, 0.3) is 11.8 Å². The number of carbonyl (C=O) groups excluding carboxylic acids is 2. The number of methoxy groups -OCH3 is 1. The number of carbonyl (C=O) groups is 3. The van der Waals surface area contributed by atoms with Crippen LogP contribution in [0, 0.1) is 0 Å². The van der Waals surface area contributed by atoms with Gasteiger partial charge in [0.1, 0.15) is 11.3 Å². The van der Waals surface area contributed by atoms with Crippen LogP contribution in [0.4, 0.5) is 10.6 Å². The van der Waals surface area contributed by atoms with Crippen LogP contribution in [-0.2, 0) is 5.54 Å². The van der Waals surface area contributed by atoms with Gasteiger partial charge in [-0.25, -0.2) is 9.78 Å². The molecular formula is C23H21N5O5S. The first-order valence-electron chi connectivity index (χ1n) is 10.2. The number of hydrogen-bond acceptors (Lipinski definition) is 7. The van der Waals surface area contributed by atoms with E-state index in [9.17, 15) is 19.5 Å². The molecule has 0 aliphatic carbocycles. The molecule has 0 fully saturated rings. The molecule has 0 bridgehead atoms. The molecule has 4 aromatic rings. The summed E-state index contributed by atoms with van der Waals surface area (Å²) in [5.41, 5.74) is 0.627. The molecule has 2 amide bonds. The number of amides is 2. The molecule has 10 nitrogen and oxygen atoms in total. The fraction of sp³-hybridized carbons (Fsp3) is 0.174. The summed E-state index contributed by atoms with van der Waals surface area (Å²) in [7, 11) is 1.52. The Bertz CT molecular complexity index is 1380. The number of anilines is 1. The molecule has 2 aromatic carbocycles. The maximum absolute atomic E-state index is 13.0. The SMILES string of the molecule is COc1ccc(C(=O)Nc2nn(C(=O)O)c3sc(C(=O)NC(C)(C)c4ccccc4)nc23)cc1. The Labute approximate surface area is 198 Å². The van der Waals surface area contributed by atoms with Gasteiger partial charge in [-0.1, -0.05) is 41.7 Å². The first kappa shape index (κ1) is 22.9. The molecule has 2 aromatic heterocycles. The molecule has 0 unspecified atom stereocenters. The summed E-state index contributed by atoms with van der Waals surface area (Å²) >= 11 is 0.874. The predicted octanol–water partition coefficient (Wildman–Crippen LogP) is 3.94. The molecule has 0 radical (unpaired) electrons. The average molecular weight is 480 g/mol. The molecule has 0 aliphatic heterocycles. The first-order valence-corrected chi connectivity index (χ1v) is 11.0. The highest BCUT2D eigenvalue weighted by atomic mass is 32.1. The van der Waals surface area contributed by atoms with Crippen LogP contribution in [0.15, 0.2) is 54.6 Å². The Balaban J connectivity index is 1.63. The molecule has 3 N–H and O–H groups in total. The fourth-order valence-electron chi connectivity index (χ4n) is 3.30. The minimum absolute atomic E-state index is 0.0475. The lowest BCUT2D eigenvalue weighted by Gasteiger charge is -2.26. The minimum Gasteiger partial charge on any atom is -0.497 e. The summed E-state index contributed by atoms with van der Waals surface area (Å²) in [5, 5.41) is 19.0. The van der Waals surface area contributed by atoms with Crippen molar-refractivity contribution in [2.24, 2.45) is 0 Å². The minimum atomic E-state index is -1.37. The normalized spacial score (nSPS) is 11.3. The zero-order valence-electron chi connectivity index (χ0n) is 18.5. The highest BCUT2D eigenvalue weighted by Crippen LogP contribution is 2.30. The van der Waals surface area contributed by atoms with E-state index in [1.165, 1.54) is 7.11 Å². The third-order valence-electron chi connectivity index (χ3n) is 5.11. The number of nitrogens with one attached hydrogen (secondary N) is 2. The van der Waals surface area contributed by atoms with Gasteiger partial charge in [-0.15, -0.1) is 5.10 Å². The number of thiazole rings is 1. The second-order valence-electron chi connectivity index (χ2n) is 7.84. The van der Waals surface area contributed by atoms with Gasteiger partial charge in [0.05, 0.1) is 12.6 Å². The highest BCUT2D eigenvalue weighted by molar-refractivity contribution is 7.20. The first-order chi connectivity index (χ1) is 16.2. The predicted molar refractivity (Wildman–Crippen MR) is 127 cm³/mol. The third kappa shape index (κ3) is 4.46. The highest BCUT2D eigenvalue weighted by Gasteiger charge is 2.28. The van der Waals surface area contributed by atoms with Crippen molar-refractivity contribution in [3.8, 4) is 5.75 Å².